The van der Waals surface area contributed by atoms with Crippen LogP contribution in [0, 0.1) is 16.0 Å². The lowest BCUT2D eigenvalue weighted by molar-refractivity contribution is -0.383. The molecule has 2 aromatic rings. The summed E-state index contributed by atoms with van der Waals surface area (Å²) < 4.78 is 5.89. The number of hydrogen-bond acceptors (Lipinski definition) is 4. The van der Waals surface area contributed by atoms with Gasteiger partial charge in [-0.25, -0.2) is 0 Å². The van der Waals surface area contributed by atoms with Gasteiger partial charge in [-0.05, 0) is 24.3 Å². The van der Waals surface area contributed by atoms with E-state index in [4.69, 9.17) is 4.74 Å². The summed E-state index contributed by atoms with van der Waals surface area (Å²) in [5.74, 6) is 1.87. The summed E-state index contributed by atoms with van der Waals surface area (Å²) in [5, 5.41) is 12.5. The molecule has 0 saturated carbocycles. The van der Waals surface area contributed by atoms with Crippen molar-refractivity contribution in [2.24, 2.45) is 5.92 Å². The van der Waals surface area contributed by atoms with E-state index in [1.54, 1.807) is 18.2 Å². The predicted molar refractivity (Wildman–Crippen MR) is 88.3 cm³/mol. The molecule has 0 fully saturated rings. The molecule has 2 aromatic carbocycles. The average molecular weight is 305 g/mol. The van der Waals surface area contributed by atoms with Crippen LogP contribution >= 0.6 is 12.6 Å². The smallest absolute Gasteiger partial charge is 0.277 e. The number of non-ortho nitro benzene ring substituents is 1. The highest BCUT2D eigenvalue weighted by atomic mass is 32.1. The summed E-state index contributed by atoms with van der Waals surface area (Å²) in [5.41, 5.74) is 0.109. The van der Waals surface area contributed by atoms with Crippen LogP contribution in [0.1, 0.15) is 19.8 Å². The lowest BCUT2D eigenvalue weighted by atomic mass is 10.1. The molecule has 1 atom stereocenters. The van der Waals surface area contributed by atoms with Gasteiger partial charge in [-0.3, -0.25) is 10.1 Å². The Hall–Kier alpha value is -1.75. The van der Waals surface area contributed by atoms with Gasteiger partial charge in [0.25, 0.3) is 5.69 Å². The number of nitro benzene ring substituents is 1. The highest BCUT2D eigenvalue weighted by Gasteiger charge is 2.15. The minimum atomic E-state index is -0.361. The SMILES string of the molecule is CCCC(CS)COc1ccc([N+](=O)[O-])c2ccccc12. The molecular formula is C16H19NO3S. The molecule has 0 aliphatic heterocycles. The molecule has 0 heterocycles. The van der Waals surface area contributed by atoms with E-state index in [-0.39, 0.29) is 10.6 Å². The number of thiol groups is 1. The van der Waals surface area contributed by atoms with Crippen molar-refractivity contribution in [3.63, 3.8) is 0 Å². The average Bonchev–Trinajstić information content (AvgIpc) is 2.50. The van der Waals surface area contributed by atoms with E-state index >= 15 is 0 Å². The summed E-state index contributed by atoms with van der Waals surface area (Å²) >= 11 is 4.34. The van der Waals surface area contributed by atoms with Crippen molar-refractivity contribution in [1.29, 1.82) is 0 Å². The summed E-state index contributed by atoms with van der Waals surface area (Å²) in [6.07, 6.45) is 2.16. The second-order valence-corrected chi connectivity index (χ2v) is 5.40. The van der Waals surface area contributed by atoms with Gasteiger partial charge in [-0.1, -0.05) is 31.5 Å². The third-order valence-corrected chi connectivity index (χ3v) is 4.00. The number of nitro groups is 1. The van der Waals surface area contributed by atoms with Crippen molar-refractivity contribution in [1.82, 2.24) is 0 Å². The molecule has 0 aromatic heterocycles. The fourth-order valence-corrected chi connectivity index (χ4v) is 2.67. The van der Waals surface area contributed by atoms with Crippen molar-refractivity contribution in [2.75, 3.05) is 12.4 Å². The molecule has 2 rings (SSSR count). The molecule has 0 N–H and O–H groups in total. The summed E-state index contributed by atoms with van der Waals surface area (Å²) in [7, 11) is 0. The monoisotopic (exact) mass is 305 g/mol. The van der Waals surface area contributed by atoms with Gasteiger partial charge in [0.2, 0.25) is 0 Å². The second-order valence-electron chi connectivity index (χ2n) is 5.03. The Balaban J connectivity index is 2.29. The Morgan fingerprint density at radius 1 is 1.24 bits per heavy atom. The molecule has 0 aliphatic rings. The molecule has 5 heteroatoms. The Kier molecular flexibility index (Phi) is 5.44. The summed E-state index contributed by atoms with van der Waals surface area (Å²) in [6.45, 7) is 2.72. The van der Waals surface area contributed by atoms with Crippen LogP contribution < -0.4 is 4.74 Å². The third kappa shape index (κ3) is 3.67. The first-order chi connectivity index (χ1) is 10.2. The normalized spacial score (nSPS) is 12.3. The van der Waals surface area contributed by atoms with Crippen LogP contribution in [0.15, 0.2) is 36.4 Å². The lowest BCUT2D eigenvalue weighted by Gasteiger charge is -2.16. The fourth-order valence-electron chi connectivity index (χ4n) is 2.38. The van der Waals surface area contributed by atoms with Crippen molar-refractivity contribution in [3.05, 3.63) is 46.5 Å². The number of ether oxygens (including phenoxy) is 1. The third-order valence-electron chi connectivity index (χ3n) is 3.49. The van der Waals surface area contributed by atoms with E-state index in [9.17, 15) is 10.1 Å². The highest BCUT2D eigenvalue weighted by molar-refractivity contribution is 7.80. The van der Waals surface area contributed by atoms with Crippen LogP contribution in [0.3, 0.4) is 0 Å². The number of fused-ring (bicyclic) bond motifs is 1. The molecule has 0 bridgehead atoms. The number of benzene rings is 2. The predicted octanol–water partition coefficient (Wildman–Crippen LogP) is 4.47. The van der Waals surface area contributed by atoms with E-state index < -0.39 is 0 Å². The first kappa shape index (κ1) is 15.6. The maximum absolute atomic E-state index is 11.1. The summed E-state index contributed by atoms with van der Waals surface area (Å²) in [6, 6.07) is 10.5. The molecule has 0 aliphatic carbocycles. The van der Waals surface area contributed by atoms with Gasteiger partial charge in [0.1, 0.15) is 5.75 Å². The minimum absolute atomic E-state index is 0.109. The van der Waals surface area contributed by atoms with Crippen LogP contribution in [0.4, 0.5) is 5.69 Å². The molecule has 21 heavy (non-hydrogen) atoms. The molecule has 4 nitrogen and oxygen atoms in total. The summed E-state index contributed by atoms with van der Waals surface area (Å²) in [4.78, 5) is 10.7. The molecule has 0 spiro atoms. The maximum atomic E-state index is 11.1. The zero-order valence-corrected chi connectivity index (χ0v) is 12.9. The standard InChI is InChI=1S/C16H19NO3S/c1-2-5-12(11-21)10-20-16-9-8-15(17(18)19)13-6-3-4-7-14(13)16/h3-4,6-9,12,21H,2,5,10-11H2,1H3. The van der Waals surface area contributed by atoms with E-state index in [2.05, 4.69) is 19.6 Å². The molecule has 1 unspecified atom stereocenters. The van der Waals surface area contributed by atoms with Gasteiger partial charge in [0.05, 0.1) is 16.9 Å². The van der Waals surface area contributed by atoms with Crippen LogP contribution in [0.2, 0.25) is 0 Å². The van der Waals surface area contributed by atoms with Gasteiger partial charge in [0.15, 0.2) is 0 Å². The van der Waals surface area contributed by atoms with Crippen molar-refractivity contribution in [2.45, 2.75) is 19.8 Å². The van der Waals surface area contributed by atoms with Gasteiger partial charge < -0.3 is 4.74 Å². The van der Waals surface area contributed by atoms with Crippen LogP contribution in [-0.4, -0.2) is 17.3 Å². The molecule has 0 saturated heterocycles. The van der Waals surface area contributed by atoms with Crippen LogP contribution in [-0.2, 0) is 0 Å². The number of rotatable bonds is 7. The van der Waals surface area contributed by atoms with Crippen molar-refractivity contribution in [3.8, 4) is 5.75 Å². The Labute approximate surface area is 129 Å². The van der Waals surface area contributed by atoms with E-state index in [0.29, 0.717) is 23.7 Å². The topological polar surface area (TPSA) is 52.4 Å². The van der Waals surface area contributed by atoms with Crippen LogP contribution in [0.25, 0.3) is 10.8 Å². The van der Waals surface area contributed by atoms with Crippen molar-refractivity contribution < 1.29 is 9.66 Å². The molecule has 0 radical (unpaired) electrons. The van der Waals surface area contributed by atoms with Gasteiger partial charge in [0, 0.05) is 17.4 Å². The molecule has 112 valence electrons. The van der Waals surface area contributed by atoms with Crippen LogP contribution in [0.5, 0.6) is 5.75 Å². The zero-order chi connectivity index (χ0) is 15.2. The zero-order valence-electron chi connectivity index (χ0n) is 12.0. The lowest BCUT2D eigenvalue weighted by Crippen LogP contribution is -2.13. The maximum Gasteiger partial charge on any atom is 0.277 e. The Morgan fingerprint density at radius 3 is 2.57 bits per heavy atom. The first-order valence-corrected chi connectivity index (χ1v) is 7.70. The molecular weight excluding hydrogens is 286 g/mol. The fraction of sp³-hybridized carbons (Fsp3) is 0.375. The highest BCUT2D eigenvalue weighted by Crippen LogP contribution is 2.33. The van der Waals surface area contributed by atoms with Gasteiger partial charge in [-0.15, -0.1) is 0 Å². The van der Waals surface area contributed by atoms with Gasteiger partial charge in [-0.2, -0.15) is 12.6 Å². The Morgan fingerprint density at radius 2 is 1.95 bits per heavy atom. The van der Waals surface area contributed by atoms with E-state index in [1.165, 1.54) is 6.07 Å². The van der Waals surface area contributed by atoms with E-state index in [1.807, 2.05) is 12.1 Å². The largest absolute Gasteiger partial charge is 0.493 e. The van der Waals surface area contributed by atoms with E-state index in [0.717, 1.165) is 24.0 Å². The second kappa shape index (κ2) is 7.31. The molecule has 0 amide bonds. The number of nitrogens with zero attached hydrogens (tertiary/aromatic N) is 1. The van der Waals surface area contributed by atoms with Gasteiger partial charge >= 0.3 is 0 Å². The minimum Gasteiger partial charge on any atom is -0.493 e. The number of hydrogen-bond donors (Lipinski definition) is 1. The first-order valence-electron chi connectivity index (χ1n) is 7.07. The quantitative estimate of drug-likeness (QED) is 0.466. The van der Waals surface area contributed by atoms with Crippen molar-refractivity contribution >= 4 is 29.1 Å². The Bertz CT molecular complexity index is 630.